The molecule has 0 bridgehead atoms. The molecule has 20 heavy (non-hydrogen) atoms. The van der Waals surface area contributed by atoms with Gasteiger partial charge >= 0.3 is 5.97 Å². The molecule has 0 atom stereocenters. The van der Waals surface area contributed by atoms with Gasteiger partial charge in [0, 0.05) is 26.7 Å². The van der Waals surface area contributed by atoms with Crippen LogP contribution in [-0.4, -0.2) is 33.1 Å². The van der Waals surface area contributed by atoms with Crippen molar-refractivity contribution < 1.29 is 19.0 Å². The first-order valence-electron chi connectivity index (χ1n) is 7.08. The highest BCUT2D eigenvalue weighted by molar-refractivity contribution is 5.82. The summed E-state index contributed by atoms with van der Waals surface area (Å²) in [4.78, 5) is 11.3. The maximum Gasteiger partial charge on any atom is 0.330 e. The Morgan fingerprint density at radius 2 is 1.75 bits per heavy atom. The number of hydrogen-bond acceptors (Lipinski definition) is 4. The van der Waals surface area contributed by atoms with Crippen LogP contribution in [0.2, 0.25) is 0 Å². The van der Waals surface area contributed by atoms with Crippen molar-refractivity contribution in [2.75, 3.05) is 20.8 Å². The Kier molecular flexibility index (Phi) is 11.0. The Morgan fingerprint density at radius 3 is 2.30 bits per heavy atom. The van der Waals surface area contributed by atoms with Crippen molar-refractivity contribution in [1.29, 1.82) is 0 Å². The number of allylic oxidation sites excluding steroid dienone is 3. The SMILES string of the molecule is CCOC(=O)/C=C(/C)CC/C=C(/C)CCC(OC)OC. The molecule has 0 fully saturated rings. The Balaban J connectivity index is 4.01. The zero-order chi connectivity index (χ0) is 15.4. The lowest BCUT2D eigenvalue weighted by atomic mass is 10.1. The average molecular weight is 284 g/mol. The zero-order valence-electron chi connectivity index (χ0n) is 13.4. The Bertz CT molecular complexity index is 327. The lowest BCUT2D eigenvalue weighted by molar-refractivity contribution is -0.137. The molecule has 0 aromatic heterocycles. The molecule has 0 aromatic carbocycles. The molecular weight excluding hydrogens is 256 g/mol. The highest BCUT2D eigenvalue weighted by Gasteiger charge is 2.04. The number of hydrogen-bond donors (Lipinski definition) is 0. The molecule has 0 N–H and O–H groups in total. The summed E-state index contributed by atoms with van der Waals surface area (Å²) in [7, 11) is 3.30. The van der Waals surface area contributed by atoms with Crippen LogP contribution in [0.5, 0.6) is 0 Å². The number of esters is 1. The second-order valence-corrected chi connectivity index (χ2v) is 4.77. The van der Waals surface area contributed by atoms with Crippen LogP contribution in [-0.2, 0) is 19.0 Å². The van der Waals surface area contributed by atoms with Crippen LogP contribution in [0.4, 0.5) is 0 Å². The van der Waals surface area contributed by atoms with Crippen LogP contribution >= 0.6 is 0 Å². The van der Waals surface area contributed by atoms with Gasteiger partial charge in [0.25, 0.3) is 0 Å². The molecular formula is C16H28O4. The molecule has 0 amide bonds. The van der Waals surface area contributed by atoms with Gasteiger partial charge in [-0.15, -0.1) is 0 Å². The molecule has 0 aliphatic carbocycles. The van der Waals surface area contributed by atoms with Gasteiger partial charge in [-0.3, -0.25) is 0 Å². The minimum atomic E-state index is -0.256. The quantitative estimate of drug-likeness (QED) is 0.266. The van der Waals surface area contributed by atoms with Crippen LogP contribution in [0.3, 0.4) is 0 Å². The normalized spacial score (nSPS) is 12.9. The van der Waals surface area contributed by atoms with E-state index in [9.17, 15) is 4.79 Å². The van der Waals surface area contributed by atoms with E-state index in [1.807, 2.05) is 6.92 Å². The third-order valence-corrected chi connectivity index (χ3v) is 2.98. The summed E-state index contributed by atoms with van der Waals surface area (Å²) < 4.78 is 15.2. The Labute approximate surface area is 122 Å². The Morgan fingerprint density at radius 1 is 1.10 bits per heavy atom. The predicted molar refractivity (Wildman–Crippen MR) is 80.4 cm³/mol. The van der Waals surface area contributed by atoms with E-state index >= 15 is 0 Å². The molecule has 0 aromatic rings. The molecule has 0 aliphatic heterocycles. The molecule has 0 unspecified atom stereocenters. The second-order valence-electron chi connectivity index (χ2n) is 4.77. The molecule has 4 nitrogen and oxygen atoms in total. The highest BCUT2D eigenvalue weighted by Crippen LogP contribution is 2.12. The van der Waals surface area contributed by atoms with E-state index in [0.717, 1.165) is 31.3 Å². The van der Waals surface area contributed by atoms with Gasteiger partial charge in [-0.2, -0.15) is 0 Å². The molecule has 116 valence electrons. The lowest BCUT2D eigenvalue weighted by Gasteiger charge is -2.12. The van der Waals surface area contributed by atoms with Gasteiger partial charge in [0.15, 0.2) is 6.29 Å². The van der Waals surface area contributed by atoms with Gasteiger partial charge in [-0.05, 0) is 40.0 Å². The minimum absolute atomic E-state index is 0.135. The maximum atomic E-state index is 11.3. The van der Waals surface area contributed by atoms with Crippen molar-refractivity contribution in [1.82, 2.24) is 0 Å². The summed E-state index contributed by atoms with van der Waals surface area (Å²) in [5.41, 5.74) is 2.35. The minimum Gasteiger partial charge on any atom is -0.463 e. The van der Waals surface area contributed by atoms with Crippen LogP contribution in [0, 0.1) is 0 Å². The standard InChI is InChI=1S/C16H28O4/c1-6-20-15(17)12-14(3)9-7-8-13(2)10-11-16(18-4)19-5/h8,12,16H,6-7,9-11H2,1-5H3/b13-8-,14-12-. The summed E-state index contributed by atoms with van der Waals surface area (Å²) in [6, 6.07) is 0. The first kappa shape index (κ1) is 18.9. The third-order valence-electron chi connectivity index (χ3n) is 2.98. The molecule has 0 spiro atoms. The van der Waals surface area contributed by atoms with E-state index in [0.29, 0.717) is 6.61 Å². The van der Waals surface area contributed by atoms with E-state index in [4.69, 9.17) is 14.2 Å². The monoisotopic (exact) mass is 284 g/mol. The lowest BCUT2D eigenvalue weighted by Crippen LogP contribution is -2.12. The molecule has 0 radical (unpaired) electrons. The molecule has 0 aliphatic rings. The van der Waals surface area contributed by atoms with E-state index < -0.39 is 0 Å². The van der Waals surface area contributed by atoms with Crippen LogP contribution in [0.25, 0.3) is 0 Å². The van der Waals surface area contributed by atoms with Gasteiger partial charge in [0.05, 0.1) is 6.61 Å². The first-order chi connectivity index (χ1) is 9.53. The van der Waals surface area contributed by atoms with Crippen molar-refractivity contribution in [2.45, 2.75) is 52.7 Å². The highest BCUT2D eigenvalue weighted by atomic mass is 16.7. The van der Waals surface area contributed by atoms with Gasteiger partial charge in [0.1, 0.15) is 0 Å². The maximum absolute atomic E-state index is 11.3. The topological polar surface area (TPSA) is 44.8 Å². The number of rotatable bonds is 10. The van der Waals surface area contributed by atoms with Gasteiger partial charge in [-0.1, -0.05) is 17.2 Å². The van der Waals surface area contributed by atoms with Gasteiger partial charge in [-0.25, -0.2) is 4.79 Å². The fraction of sp³-hybridized carbons (Fsp3) is 0.688. The average Bonchev–Trinajstić information content (AvgIpc) is 2.40. The smallest absolute Gasteiger partial charge is 0.330 e. The first-order valence-corrected chi connectivity index (χ1v) is 7.08. The van der Waals surface area contributed by atoms with Crippen LogP contribution in [0.1, 0.15) is 46.5 Å². The summed E-state index contributed by atoms with van der Waals surface area (Å²) in [5, 5.41) is 0. The largest absolute Gasteiger partial charge is 0.463 e. The number of carbonyl (C=O) groups is 1. The van der Waals surface area contributed by atoms with Crippen LogP contribution < -0.4 is 0 Å². The molecule has 0 rings (SSSR count). The van der Waals surface area contributed by atoms with Crippen molar-refractivity contribution in [3.8, 4) is 0 Å². The van der Waals surface area contributed by atoms with E-state index in [1.165, 1.54) is 5.57 Å². The summed E-state index contributed by atoms with van der Waals surface area (Å²) in [5.74, 6) is -0.256. The van der Waals surface area contributed by atoms with Crippen molar-refractivity contribution in [3.05, 3.63) is 23.3 Å². The van der Waals surface area contributed by atoms with Gasteiger partial charge < -0.3 is 14.2 Å². The fourth-order valence-corrected chi connectivity index (χ4v) is 1.78. The number of methoxy groups -OCH3 is 2. The third kappa shape index (κ3) is 9.75. The summed E-state index contributed by atoms with van der Waals surface area (Å²) in [6.07, 6.45) is 7.24. The zero-order valence-corrected chi connectivity index (χ0v) is 13.4. The second kappa shape index (κ2) is 11.7. The van der Waals surface area contributed by atoms with Crippen molar-refractivity contribution in [2.24, 2.45) is 0 Å². The van der Waals surface area contributed by atoms with Crippen molar-refractivity contribution in [3.63, 3.8) is 0 Å². The Hall–Kier alpha value is -1.13. The predicted octanol–water partition coefficient (Wildman–Crippen LogP) is 3.62. The van der Waals surface area contributed by atoms with Crippen LogP contribution in [0.15, 0.2) is 23.3 Å². The molecule has 0 saturated carbocycles. The molecule has 0 saturated heterocycles. The summed E-state index contributed by atoms with van der Waals surface area (Å²) in [6.45, 7) is 6.28. The van der Waals surface area contributed by atoms with E-state index in [2.05, 4.69) is 13.0 Å². The molecule has 4 heteroatoms. The fourth-order valence-electron chi connectivity index (χ4n) is 1.78. The molecule has 0 heterocycles. The van der Waals surface area contributed by atoms with Crippen molar-refractivity contribution >= 4 is 5.97 Å². The summed E-state index contributed by atoms with van der Waals surface area (Å²) >= 11 is 0. The van der Waals surface area contributed by atoms with E-state index in [-0.39, 0.29) is 12.3 Å². The number of carbonyl (C=O) groups excluding carboxylic acids is 1. The van der Waals surface area contributed by atoms with E-state index in [1.54, 1.807) is 27.2 Å². The number of ether oxygens (including phenoxy) is 3. The van der Waals surface area contributed by atoms with Gasteiger partial charge in [0.2, 0.25) is 0 Å².